The van der Waals surface area contributed by atoms with Gasteiger partial charge in [-0.2, -0.15) is 0 Å². The molecule has 0 unspecified atom stereocenters. The van der Waals surface area contributed by atoms with E-state index in [1.807, 2.05) is 6.26 Å². The van der Waals surface area contributed by atoms with Crippen molar-refractivity contribution < 1.29 is 9.18 Å². The number of rotatable bonds is 2. The van der Waals surface area contributed by atoms with Crippen LogP contribution < -0.4 is 0 Å². The second-order valence-electron chi connectivity index (χ2n) is 2.13. The predicted molar refractivity (Wildman–Crippen MR) is 48.6 cm³/mol. The molecule has 0 aliphatic rings. The largest absolute Gasteiger partial charge is 0.298 e. The molecule has 1 rings (SSSR count). The van der Waals surface area contributed by atoms with Gasteiger partial charge >= 0.3 is 0 Å². The first-order chi connectivity index (χ1) is 5.69. The van der Waals surface area contributed by atoms with Gasteiger partial charge in [0.2, 0.25) is 0 Å². The monoisotopic (exact) mass is 204 g/mol. The molecule has 0 fully saturated rings. The molecule has 0 bridgehead atoms. The number of hydrogen-bond donors (Lipinski definition) is 0. The first kappa shape index (κ1) is 9.55. The van der Waals surface area contributed by atoms with Crippen molar-refractivity contribution in [1.29, 1.82) is 0 Å². The third kappa shape index (κ3) is 1.79. The van der Waals surface area contributed by atoms with Crippen LogP contribution in [0, 0.1) is 5.82 Å². The summed E-state index contributed by atoms with van der Waals surface area (Å²) in [6, 6.07) is 2.97. The number of halogens is 2. The lowest BCUT2D eigenvalue weighted by Gasteiger charge is -2.00. The van der Waals surface area contributed by atoms with Crippen molar-refractivity contribution in [2.24, 2.45) is 0 Å². The van der Waals surface area contributed by atoms with E-state index in [2.05, 4.69) is 0 Å². The first-order valence-corrected chi connectivity index (χ1v) is 4.77. The molecular formula is C8H6ClFOS. The highest BCUT2D eigenvalue weighted by atomic mass is 35.5. The van der Waals surface area contributed by atoms with Gasteiger partial charge < -0.3 is 0 Å². The van der Waals surface area contributed by atoms with Gasteiger partial charge in [-0.1, -0.05) is 11.6 Å². The molecule has 0 spiro atoms. The Morgan fingerprint density at radius 2 is 2.25 bits per heavy atom. The van der Waals surface area contributed by atoms with Crippen LogP contribution in [0.2, 0.25) is 5.02 Å². The molecule has 0 aromatic heterocycles. The topological polar surface area (TPSA) is 17.1 Å². The van der Waals surface area contributed by atoms with E-state index in [4.69, 9.17) is 11.6 Å². The summed E-state index contributed by atoms with van der Waals surface area (Å²) in [5, 5.41) is -0.0102. The number of carbonyl (C=O) groups excluding carboxylic acids is 1. The zero-order valence-corrected chi connectivity index (χ0v) is 7.88. The lowest BCUT2D eigenvalue weighted by atomic mass is 10.2. The Kier molecular flexibility index (Phi) is 3.12. The van der Waals surface area contributed by atoms with Crippen molar-refractivity contribution in [3.05, 3.63) is 28.5 Å². The minimum atomic E-state index is -0.649. The predicted octanol–water partition coefficient (Wildman–Crippen LogP) is 3.01. The summed E-state index contributed by atoms with van der Waals surface area (Å²) in [6.07, 6.45) is 2.29. The number of carbonyl (C=O) groups is 1. The molecule has 0 atom stereocenters. The van der Waals surface area contributed by atoms with E-state index < -0.39 is 5.82 Å². The minimum absolute atomic E-state index is 0.00634. The second kappa shape index (κ2) is 3.92. The normalized spacial score (nSPS) is 9.92. The van der Waals surface area contributed by atoms with Gasteiger partial charge in [-0.25, -0.2) is 4.39 Å². The molecule has 4 heteroatoms. The summed E-state index contributed by atoms with van der Waals surface area (Å²) >= 11 is 6.94. The lowest BCUT2D eigenvalue weighted by Crippen LogP contribution is -1.89. The Morgan fingerprint density at radius 1 is 1.58 bits per heavy atom. The molecule has 0 heterocycles. The van der Waals surface area contributed by atoms with Gasteiger partial charge in [-0.15, -0.1) is 11.8 Å². The van der Waals surface area contributed by atoms with Crippen molar-refractivity contribution in [3.8, 4) is 0 Å². The minimum Gasteiger partial charge on any atom is -0.298 e. The number of benzene rings is 1. The van der Waals surface area contributed by atoms with Gasteiger partial charge in [0.05, 0.1) is 10.6 Å². The second-order valence-corrected chi connectivity index (χ2v) is 3.42. The molecule has 0 aliphatic heterocycles. The van der Waals surface area contributed by atoms with E-state index >= 15 is 0 Å². The standard InChI is InChI=1S/C8H6ClFOS/c1-12-6-2-5(4-11)8(10)7(9)3-6/h2-4H,1H3. The van der Waals surface area contributed by atoms with Crippen molar-refractivity contribution in [3.63, 3.8) is 0 Å². The summed E-state index contributed by atoms with van der Waals surface area (Å²) in [5.41, 5.74) is 0.00634. The summed E-state index contributed by atoms with van der Waals surface area (Å²) in [6.45, 7) is 0. The molecule has 0 aliphatic carbocycles. The maximum absolute atomic E-state index is 12.9. The van der Waals surface area contributed by atoms with Crippen molar-refractivity contribution in [1.82, 2.24) is 0 Å². The molecule has 1 nitrogen and oxygen atoms in total. The first-order valence-electron chi connectivity index (χ1n) is 3.17. The molecule has 1 aromatic carbocycles. The zero-order valence-electron chi connectivity index (χ0n) is 6.30. The summed E-state index contributed by atoms with van der Waals surface area (Å²) in [4.78, 5) is 11.1. The Morgan fingerprint density at radius 3 is 2.75 bits per heavy atom. The van der Waals surface area contributed by atoms with Crippen LogP contribution in [0.3, 0.4) is 0 Å². The van der Waals surface area contributed by atoms with Crippen LogP contribution in [-0.2, 0) is 0 Å². The average molecular weight is 205 g/mol. The number of thioether (sulfide) groups is 1. The molecule has 1 aromatic rings. The van der Waals surface area contributed by atoms with E-state index in [0.717, 1.165) is 4.90 Å². The fourth-order valence-electron chi connectivity index (χ4n) is 0.788. The molecular weight excluding hydrogens is 199 g/mol. The molecule has 12 heavy (non-hydrogen) atoms. The summed E-state index contributed by atoms with van der Waals surface area (Å²) < 4.78 is 12.9. The van der Waals surface area contributed by atoms with E-state index in [0.29, 0.717) is 6.29 Å². The van der Waals surface area contributed by atoms with Crippen LogP contribution >= 0.6 is 23.4 Å². The van der Waals surface area contributed by atoms with E-state index in [1.165, 1.54) is 23.9 Å². The van der Waals surface area contributed by atoms with Gasteiger partial charge in [0.1, 0.15) is 0 Å². The zero-order chi connectivity index (χ0) is 9.14. The van der Waals surface area contributed by atoms with Gasteiger partial charge in [-0.05, 0) is 18.4 Å². The van der Waals surface area contributed by atoms with Crippen molar-refractivity contribution in [2.45, 2.75) is 4.90 Å². The maximum Gasteiger partial charge on any atom is 0.153 e. The van der Waals surface area contributed by atoms with Crippen LogP contribution in [0.15, 0.2) is 17.0 Å². The van der Waals surface area contributed by atoms with Crippen LogP contribution in [0.5, 0.6) is 0 Å². The number of hydrogen-bond acceptors (Lipinski definition) is 2. The quantitative estimate of drug-likeness (QED) is 0.544. The molecule has 64 valence electrons. The third-order valence-corrected chi connectivity index (χ3v) is 2.37. The van der Waals surface area contributed by atoms with Gasteiger partial charge in [0, 0.05) is 4.90 Å². The van der Waals surface area contributed by atoms with E-state index in [9.17, 15) is 9.18 Å². The smallest absolute Gasteiger partial charge is 0.153 e. The highest BCUT2D eigenvalue weighted by Gasteiger charge is 2.07. The highest BCUT2D eigenvalue weighted by Crippen LogP contribution is 2.24. The van der Waals surface area contributed by atoms with Crippen LogP contribution in [-0.4, -0.2) is 12.5 Å². The SMILES string of the molecule is CSc1cc(Cl)c(F)c(C=O)c1. The lowest BCUT2D eigenvalue weighted by molar-refractivity contribution is 0.111. The summed E-state index contributed by atoms with van der Waals surface area (Å²) in [7, 11) is 0. The van der Waals surface area contributed by atoms with Crippen LogP contribution in [0.4, 0.5) is 4.39 Å². The Balaban J connectivity index is 3.28. The maximum atomic E-state index is 12.9. The molecule has 0 saturated carbocycles. The Bertz CT molecular complexity index is 314. The fourth-order valence-corrected chi connectivity index (χ4v) is 1.56. The fraction of sp³-hybridized carbons (Fsp3) is 0.125. The van der Waals surface area contributed by atoms with Crippen molar-refractivity contribution >= 4 is 29.6 Å². The van der Waals surface area contributed by atoms with Gasteiger partial charge in [-0.3, -0.25) is 4.79 Å². The molecule has 0 radical (unpaired) electrons. The molecule has 0 saturated heterocycles. The van der Waals surface area contributed by atoms with Crippen LogP contribution in [0.1, 0.15) is 10.4 Å². The van der Waals surface area contributed by atoms with Crippen molar-refractivity contribution in [2.75, 3.05) is 6.26 Å². The Hall–Kier alpha value is -0.540. The number of aldehydes is 1. The third-order valence-electron chi connectivity index (χ3n) is 1.39. The van der Waals surface area contributed by atoms with Gasteiger partial charge in [0.15, 0.2) is 12.1 Å². The summed E-state index contributed by atoms with van der Waals surface area (Å²) in [5.74, 6) is -0.649. The average Bonchev–Trinajstić information content (AvgIpc) is 2.09. The Labute approximate surface area is 78.9 Å². The van der Waals surface area contributed by atoms with Gasteiger partial charge in [0.25, 0.3) is 0 Å². The highest BCUT2D eigenvalue weighted by molar-refractivity contribution is 7.98. The molecule has 0 amide bonds. The van der Waals surface area contributed by atoms with E-state index in [1.54, 1.807) is 0 Å². The van der Waals surface area contributed by atoms with E-state index in [-0.39, 0.29) is 10.6 Å². The molecule has 0 N–H and O–H groups in total. The van der Waals surface area contributed by atoms with Crippen LogP contribution in [0.25, 0.3) is 0 Å².